The summed E-state index contributed by atoms with van der Waals surface area (Å²) in [5.74, 6) is 0.786. The quantitative estimate of drug-likeness (QED) is 0.746. The highest BCUT2D eigenvalue weighted by Gasteiger charge is 2.10. The first-order chi connectivity index (χ1) is 6.51. The molecule has 0 aromatic heterocycles. The molecule has 0 atom stereocenters. The number of benzene rings is 1. The molecule has 0 saturated carbocycles. The molecule has 0 aliphatic heterocycles. The second-order valence-corrected chi connectivity index (χ2v) is 3.97. The molecule has 75 valence electrons. The molecule has 0 heterocycles. The number of nitrogens with one attached hydrogen (secondary N) is 1. The van der Waals surface area contributed by atoms with Crippen LogP contribution in [0.15, 0.2) is 24.3 Å². The van der Waals surface area contributed by atoms with Crippen molar-refractivity contribution in [3.8, 4) is 5.75 Å². The lowest BCUT2D eigenvalue weighted by atomic mass is 10.2. The van der Waals surface area contributed by atoms with Crippen molar-refractivity contribution >= 4 is 12.1 Å². The molecule has 3 nitrogen and oxygen atoms in total. The smallest absolute Gasteiger partial charge is 0.314 e. The van der Waals surface area contributed by atoms with Gasteiger partial charge in [-0.2, -0.15) is 0 Å². The molecule has 0 aliphatic rings. The van der Waals surface area contributed by atoms with Crippen LogP contribution in [-0.4, -0.2) is 12.0 Å². The molecule has 1 amide bonds. The van der Waals surface area contributed by atoms with Crippen molar-refractivity contribution in [3.63, 3.8) is 0 Å². The monoisotopic (exact) mass is 192 g/mol. The molecule has 0 spiro atoms. The highest BCUT2D eigenvalue weighted by Crippen LogP contribution is 2.19. The van der Waals surface area contributed by atoms with Crippen LogP contribution in [0.4, 0.5) is 5.69 Å². The molecule has 0 fully saturated rings. The van der Waals surface area contributed by atoms with E-state index in [2.05, 4.69) is 5.32 Å². The molecule has 1 radical (unpaired) electrons. The lowest BCUT2D eigenvalue weighted by Crippen LogP contribution is -2.22. The minimum absolute atomic E-state index is 0.203. The summed E-state index contributed by atoms with van der Waals surface area (Å²) in [6, 6.07) is 7.16. The van der Waals surface area contributed by atoms with Crippen molar-refractivity contribution < 1.29 is 9.53 Å². The minimum Gasteiger partial charge on any atom is -0.488 e. The summed E-state index contributed by atoms with van der Waals surface area (Å²) in [5.41, 5.74) is 0.507. The maximum Gasteiger partial charge on any atom is 0.314 e. The molecular weight excluding hydrogens is 178 g/mol. The Kier molecular flexibility index (Phi) is 3.12. The zero-order chi connectivity index (χ0) is 10.6. The maximum atomic E-state index is 10.0. The van der Waals surface area contributed by atoms with Gasteiger partial charge in [0.2, 0.25) is 0 Å². The number of carbonyl (C=O) groups excluding carboxylic acids is 1. The van der Waals surface area contributed by atoms with E-state index in [4.69, 9.17) is 4.74 Å². The first kappa shape index (κ1) is 10.6. The van der Waals surface area contributed by atoms with E-state index in [0.29, 0.717) is 5.69 Å². The summed E-state index contributed by atoms with van der Waals surface area (Å²) in [4.78, 5) is 10.0. The van der Waals surface area contributed by atoms with E-state index in [-0.39, 0.29) is 5.60 Å². The summed E-state index contributed by atoms with van der Waals surface area (Å²) in [6.07, 6.45) is 1.61. The maximum absolute atomic E-state index is 10.0. The molecule has 3 heteroatoms. The van der Waals surface area contributed by atoms with Crippen LogP contribution in [0.25, 0.3) is 0 Å². The van der Waals surface area contributed by atoms with Gasteiger partial charge in [0.1, 0.15) is 11.4 Å². The van der Waals surface area contributed by atoms with E-state index < -0.39 is 0 Å². The van der Waals surface area contributed by atoms with Gasteiger partial charge in [0.15, 0.2) is 0 Å². The van der Waals surface area contributed by atoms with Gasteiger partial charge in [-0.1, -0.05) is 0 Å². The van der Waals surface area contributed by atoms with E-state index >= 15 is 0 Å². The number of rotatable bonds is 3. The highest BCUT2D eigenvalue weighted by atomic mass is 16.5. The fourth-order valence-corrected chi connectivity index (χ4v) is 1.02. The van der Waals surface area contributed by atoms with Crippen molar-refractivity contribution in [2.75, 3.05) is 5.32 Å². The molecule has 1 aromatic carbocycles. The van der Waals surface area contributed by atoms with Crippen molar-refractivity contribution in [2.45, 2.75) is 26.4 Å². The van der Waals surface area contributed by atoms with Crippen LogP contribution in [0.5, 0.6) is 5.75 Å². The molecule has 0 unspecified atom stereocenters. The molecule has 0 aliphatic carbocycles. The fraction of sp³-hybridized carbons (Fsp3) is 0.364. The van der Waals surface area contributed by atoms with Gasteiger partial charge in [0.05, 0.1) is 0 Å². The molecule has 14 heavy (non-hydrogen) atoms. The minimum atomic E-state index is -0.203. The Morgan fingerprint density at radius 3 is 2.21 bits per heavy atom. The summed E-state index contributed by atoms with van der Waals surface area (Å²) in [7, 11) is 0. The Balaban J connectivity index is 2.68. The summed E-state index contributed by atoms with van der Waals surface area (Å²) in [5, 5.41) is 2.44. The van der Waals surface area contributed by atoms with Crippen LogP contribution in [0.2, 0.25) is 0 Å². The third-order valence-corrected chi connectivity index (χ3v) is 1.47. The van der Waals surface area contributed by atoms with Gasteiger partial charge < -0.3 is 10.1 Å². The fourth-order valence-electron chi connectivity index (χ4n) is 1.02. The third kappa shape index (κ3) is 3.47. The number of hydrogen-bond acceptors (Lipinski definition) is 2. The Morgan fingerprint density at radius 1 is 1.21 bits per heavy atom. The number of amides is 1. The largest absolute Gasteiger partial charge is 0.488 e. The lowest BCUT2D eigenvalue weighted by Gasteiger charge is -2.21. The Morgan fingerprint density at radius 2 is 1.79 bits per heavy atom. The molecule has 1 aromatic rings. The zero-order valence-corrected chi connectivity index (χ0v) is 8.63. The van der Waals surface area contributed by atoms with Gasteiger partial charge in [-0.15, -0.1) is 0 Å². The predicted molar refractivity (Wildman–Crippen MR) is 56.1 cm³/mol. The average molecular weight is 192 g/mol. The lowest BCUT2D eigenvalue weighted by molar-refractivity contribution is 0.131. The van der Waals surface area contributed by atoms with Crippen LogP contribution < -0.4 is 10.1 Å². The summed E-state index contributed by atoms with van der Waals surface area (Å²) >= 11 is 0. The third-order valence-electron chi connectivity index (χ3n) is 1.47. The van der Waals surface area contributed by atoms with E-state index in [1.54, 1.807) is 18.5 Å². The SMILES string of the molecule is CC(C)(C)Oc1ccc(N[C]=O)cc1. The number of anilines is 1. The Hall–Kier alpha value is -1.51. The van der Waals surface area contributed by atoms with Gasteiger partial charge in [-0.05, 0) is 45.0 Å². The van der Waals surface area contributed by atoms with Crippen molar-refractivity contribution in [1.82, 2.24) is 0 Å². The van der Waals surface area contributed by atoms with Crippen molar-refractivity contribution in [2.24, 2.45) is 0 Å². The Labute approximate surface area is 84.1 Å². The Bertz CT molecular complexity index is 298. The summed E-state index contributed by atoms with van der Waals surface area (Å²) < 4.78 is 5.61. The van der Waals surface area contributed by atoms with Crippen LogP contribution in [-0.2, 0) is 4.79 Å². The van der Waals surface area contributed by atoms with Gasteiger partial charge in [-0.25, -0.2) is 0 Å². The van der Waals surface area contributed by atoms with Crippen LogP contribution in [0.3, 0.4) is 0 Å². The van der Waals surface area contributed by atoms with E-state index in [0.717, 1.165) is 5.75 Å². The molecule has 1 rings (SSSR count). The average Bonchev–Trinajstić information content (AvgIpc) is 2.06. The van der Waals surface area contributed by atoms with Crippen molar-refractivity contribution in [1.29, 1.82) is 0 Å². The van der Waals surface area contributed by atoms with Gasteiger partial charge in [-0.3, -0.25) is 4.79 Å². The molecule has 0 bridgehead atoms. The van der Waals surface area contributed by atoms with Gasteiger partial charge in [0, 0.05) is 5.69 Å². The van der Waals surface area contributed by atoms with E-state index in [9.17, 15) is 4.79 Å². The van der Waals surface area contributed by atoms with Crippen LogP contribution in [0, 0.1) is 0 Å². The van der Waals surface area contributed by atoms with Crippen LogP contribution >= 0.6 is 0 Å². The second-order valence-electron chi connectivity index (χ2n) is 3.97. The molecule has 1 N–H and O–H groups in total. The normalized spacial score (nSPS) is 10.8. The number of ether oxygens (including phenoxy) is 1. The van der Waals surface area contributed by atoms with Crippen molar-refractivity contribution in [3.05, 3.63) is 24.3 Å². The zero-order valence-electron chi connectivity index (χ0n) is 8.63. The topological polar surface area (TPSA) is 38.3 Å². The van der Waals surface area contributed by atoms with E-state index in [1.165, 1.54) is 0 Å². The molecule has 0 saturated heterocycles. The van der Waals surface area contributed by atoms with E-state index in [1.807, 2.05) is 32.9 Å². The van der Waals surface area contributed by atoms with Gasteiger partial charge in [0.25, 0.3) is 0 Å². The first-order valence-electron chi connectivity index (χ1n) is 4.43. The van der Waals surface area contributed by atoms with Crippen LogP contribution in [0.1, 0.15) is 20.8 Å². The molecular formula is C11H14NO2. The second kappa shape index (κ2) is 4.13. The highest BCUT2D eigenvalue weighted by molar-refractivity contribution is 5.71. The predicted octanol–water partition coefficient (Wildman–Crippen LogP) is 2.34. The standard InChI is InChI=1S/C11H14NO2/c1-11(2,3)14-10-6-4-9(5-7-10)12-8-13/h4-7H,1-3H3,(H,12,13). The van der Waals surface area contributed by atoms with Gasteiger partial charge >= 0.3 is 6.41 Å². The first-order valence-corrected chi connectivity index (χ1v) is 4.43. The summed E-state index contributed by atoms with van der Waals surface area (Å²) in [6.45, 7) is 5.95. The number of hydrogen-bond donors (Lipinski definition) is 1.